The number of thiocarbonyl (C=S) groups is 1. The van der Waals surface area contributed by atoms with Gasteiger partial charge in [0.1, 0.15) is 17.4 Å². The summed E-state index contributed by atoms with van der Waals surface area (Å²) in [5, 5.41) is 9.05. The number of ether oxygens (including phenoxy) is 2. The molecule has 0 atom stereocenters. The highest BCUT2D eigenvalue weighted by Crippen LogP contribution is 2.30. The number of methoxy groups -OCH3 is 1. The molecule has 0 saturated carbocycles. The fourth-order valence-electron chi connectivity index (χ4n) is 1.11. The van der Waals surface area contributed by atoms with Crippen molar-refractivity contribution in [3.8, 4) is 11.8 Å². The van der Waals surface area contributed by atoms with Crippen LogP contribution in [0.2, 0.25) is 0 Å². The molecule has 5 heteroatoms. The SMILES string of the molecule is CCOC(=S)Sc1cccc(OC)c1C#N. The minimum Gasteiger partial charge on any atom is -0.495 e. The zero-order valence-corrected chi connectivity index (χ0v) is 10.7. The van der Waals surface area contributed by atoms with Crippen LogP contribution >= 0.6 is 24.0 Å². The van der Waals surface area contributed by atoms with Crippen LogP contribution in [0.15, 0.2) is 23.1 Å². The van der Waals surface area contributed by atoms with Crippen molar-refractivity contribution < 1.29 is 9.47 Å². The van der Waals surface area contributed by atoms with E-state index in [0.717, 1.165) is 4.90 Å². The molecule has 0 saturated heterocycles. The average Bonchev–Trinajstić information content (AvgIpc) is 2.29. The van der Waals surface area contributed by atoms with Crippen LogP contribution in [0.25, 0.3) is 0 Å². The van der Waals surface area contributed by atoms with Crippen LogP contribution in [0.3, 0.4) is 0 Å². The third kappa shape index (κ3) is 3.12. The van der Waals surface area contributed by atoms with Gasteiger partial charge in [-0.15, -0.1) is 0 Å². The molecule has 0 bridgehead atoms. The Labute approximate surface area is 104 Å². The molecule has 0 heterocycles. The Balaban J connectivity index is 2.96. The van der Waals surface area contributed by atoms with Crippen LogP contribution in [-0.2, 0) is 4.74 Å². The summed E-state index contributed by atoms with van der Waals surface area (Å²) in [5.74, 6) is 0.548. The number of benzene rings is 1. The van der Waals surface area contributed by atoms with Crippen molar-refractivity contribution in [3.05, 3.63) is 23.8 Å². The van der Waals surface area contributed by atoms with Gasteiger partial charge in [0.15, 0.2) is 0 Å². The maximum absolute atomic E-state index is 9.05. The number of nitrogens with zero attached hydrogens (tertiary/aromatic N) is 1. The van der Waals surface area contributed by atoms with E-state index in [1.54, 1.807) is 6.07 Å². The Morgan fingerprint density at radius 1 is 1.56 bits per heavy atom. The van der Waals surface area contributed by atoms with E-state index in [9.17, 15) is 0 Å². The summed E-state index contributed by atoms with van der Waals surface area (Å²) in [5.41, 5.74) is 0.483. The van der Waals surface area contributed by atoms with Gasteiger partial charge in [-0.2, -0.15) is 5.26 Å². The summed E-state index contributed by atoms with van der Waals surface area (Å²) in [6.07, 6.45) is 0. The highest BCUT2D eigenvalue weighted by molar-refractivity contribution is 8.22. The van der Waals surface area contributed by atoms with Crippen LogP contribution < -0.4 is 4.74 Å². The lowest BCUT2D eigenvalue weighted by Crippen LogP contribution is -1.97. The number of thioether (sulfide) groups is 1. The Hall–Kier alpha value is -1.25. The molecule has 0 aliphatic rings. The van der Waals surface area contributed by atoms with E-state index in [0.29, 0.717) is 22.3 Å². The lowest BCUT2D eigenvalue weighted by molar-refractivity contribution is 0.346. The lowest BCUT2D eigenvalue weighted by atomic mass is 10.2. The van der Waals surface area contributed by atoms with Crippen molar-refractivity contribution in [2.45, 2.75) is 11.8 Å². The second kappa shape index (κ2) is 6.36. The van der Waals surface area contributed by atoms with Gasteiger partial charge in [-0.05, 0) is 43.0 Å². The minimum absolute atomic E-state index is 0.409. The molecule has 0 amide bonds. The summed E-state index contributed by atoms with van der Waals surface area (Å²) >= 11 is 6.27. The Kier molecular flexibility index (Phi) is 5.09. The van der Waals surface area contributed by atoms with Crippen molar-refractivity contribution in [2.75, 3.05) is 13.7 Å². The molecule has 84 valence electrons. The van der Waals surface area contributed by atoms with Gasteiger partial charge in [0, 0.05) is 4.90 Å². The third-order valence-corrected chi connectivity index (χ3v) is 2.99. The van der Waals surface area contributed by atoms with E-state index in [2.05, 4.69) is 6.07 Å². The first-order valence-electron chi connectivity index (χ1n) is 4.64. The molecule has 0 aliphatic carbocycles. The molecule has 3 nitrogen and oxygen atoms in total. The van der Waals surface area contributed by atoms with Crippen molar-refractivity contribution in [1.82, 2.24) is 0 Å². The summed E-state index contributed by atoms with van der Waals surface area (Å²) < 4.78 is 10.7. The number of hydrogen-bond acceptors (Lipinski definition) is 5. The average molecular weight is 253 g/mol. The molecule has 0 N–H and O–H groups in total. The summed E-state index contributed by atoms with van der Waals surface area (Å²) in [6.45, 7) is 2.39. The molecular weight excluding hydrogens is 242 g/mol. The van der Waals surface area contributed by atoms with E-state index >= 15 is 0 Å². The van der Waals surface area contributed by atoms with Crippen molar-refractivity contribution in [1.29, 1.82) is 5.26 Å². The van der Waals surface area contributed by atoms with Gasteiger partial charge in [0.25, 0.3) is 0 Å². The molecule has 16 heavy (non-hydrogen) atoms. The molecule has 0 aromatic heterocycles. The standard InChI is InChI=1S/C11H11NO2S2/c1-3-14-11(15)16-10-6-4-5-9(13-2)8(10)7-12/h4-6H,3H2,1-2H3. The van der Waals surface area contributed by atoms with E-state index in [1.165, 1.54) is 18.9 Å². The fraction of sp³-hybridized carbons (Fsp3) is 0.273. The van der Waals surface area contributed by atoms with E-state index in [-0.39, 0.29) is 0 Å². The maximum atomic E-state index is 9.05. The number of hydrogen-bond donors (Lipinski definition) is 0. The van der Waals surface area contributed by atoms with Gasteiger partial charge in [0.05, 0.1) is 13.7 Å². The summed E-state index contributed by atoms with van der Waals surface area (Å²) in [4.78, 5) is 0.750. The predicted molar refractivity (Wildman–Crippen MR) is 67.8 cm³/mol. The largest absolute Gasteiger partial charge is 0.495 e. The lowest BCUT2D eigenvalue weighted by Gasteiger charge is -2.08. The summed E-state index contributed by atoms with van der Waals surface area (Å²) in [7, 11) is 1.53. The molecule has 1 rings (SSSR count). The Morgan fingerprint density at radius 2 is 2.31 bits per heavy atom. The van der Waals surface area contributed by atoms with Gasteiger partial charge in [-0.3, -0.25) is 0 Å². The fourth-order valence-corrected chi connectivity index (χ4v) is 2.25. The molecule has 1 aromatic rings. The van der Waals surface area contributed by atoms with Crippen LogP contribution in [-0.4, -0.2) is 18.1 Å². The van der Waals surface area contributed by atoms with E-state index in [1.807, 2.05) is 19.1 Å². The molecule has 0 aliphatic heterocycles. The normalized spacial score (nSPS) is 9.31. The smallest absolute Gasteiger partial charge is 0.224 e. The molecule has 0 unspecified atom stereocenters. The van der Waals surface area contributed by atoms with Crippen molar-refractivity contribution >= 4 is 28.4 Å². The van der Waals surface area contributed by atoms with Gasteiger partial charge in [-0.25, -0.2) is 0 Å². The highest BCUT2D eigenvalue weighted by Gasteiger charge is 2.11. The van der Waals surface area contributed by atoms with Crippen LogP contribution in [0.4, 0.5) is 0 Å². The number of rotatable bonds is 3. The van der Waals surface area contributed by atoms with Gasteiger partial charge >= 0.3 is 0 Å². The van der Waals surface area contributed by atoms with Gasteiger partial charge in [0.2, 0.25) is 4.38 Å². The first-order chi connectivity index (χ1) is 7.72. The first kappa shape index (κ1) is 12.8. The van der Waals surface area contributed by atoms with Crippen molar-refractivity contribution in [3.63, 3.8) is 0 Å². The van der Waals surface area contributed by atoms with Crippen LogP contribution in [0.1, 0.15) is 12.5 Å². The highest BCUT2D eigenvalue weighted by atomic mass is 32.2. The third-order valence-electron chi connectivity index (χ3n) is 1.78. The summed E-state index contributed by atoms with van der Waals surface area (Å²) in [6, 6.07) is 7.48. The van der Waals surface area contributed by atoms with E-state index < -0.39 is 0 Å². The topological polar surface area (TPSA) is 42.2 Å². The minimum atomic E-state index is 0.409. The van der Waals surface area contributed by atoms with Gasteiger partial charge in [-0.1, -0.05) is 6.07 Å². The molecule has 1 aromatic carbocycles. The zero-order valence-electron chi connectivity index (χ0n) is 9.02. The predicted octanol–water partition coefficient (Wildman–Crippen LogP) is 2.98. The monoisotopic (exact) mass is 253 g/mol. The Bertz CT molecular complexity index is 426. The van der Waals surface area contributed by atoms with Crippen LogP contribution in [0, 0.1) is 11.3 Å². The second-order valence-electron chi connectivity index (χ2n) is 2.73. The van der Waals surface area contributed by atoms with Crippen LogP contribution in [0.5, 0.6) is 5.75 Å². The van der Waals surface area contributed by atoms with Crippen molar-refractivity contribution in [2.24, 2.45) is 0 Å². The molecular formula is C11H11NO2S2. The van der Waals surface area contributed by atoms with Gasteiger partial charge < -0.3 is 9.47 Å². The quantitative estimate of drug-likeness (QED) is 0.612. The second-order valence-corrected chi connectivity index (χ2v) is 4.37. The first-order valence-corrected chi connectivity index (χ1v) is 5.87. The molecule has 0 fully saturated rings. The number of nitriles is 1. The maximum Gasteiger partial charge on any atom is 0.224 e. The Morgan fingerprint density at radius 3 is 2.88 bits per heavy atom. The molecule has 0 spiro atoms. The zero-order chi connectivity index (χ0) is 12.0. The van der Waals surface area contributed by atoms with E-state index in [4.69, 9.17) is 27.0 Å². The molecule has 0 radical (unpaired) electrons.